The Labute approximate surface area is 116 Å². The summed E-state index contributed by atoms with van der Waals surface area (Å²) in [7, 11) is 0. The van der Waals surface area contributed by atoms with Crippen LogP contribution in [0.15, 0.2) is 30.3 Å². The number of carbonyl (C=O) groups is 2. The van der Waals surface area contributed by atoms with Gasteiger partial charge < -0.3 is 15.0 Å². The Balaban J connectivity index is -0.000000213. The van der Waals surface area contributed by atoms with Crippen molar-refractivity contribution in [3.63, 3.8) is 0 Å². The van der Waals surface area contributed by atoms with E-state index in [9.17, 15) is 4.79 Å². The third kappa shape index (κ3) is 13.6. The Morgan fingerprint density at radius 2 is 1.33 bits per heavy atom. The zero-order chi connectivity index (χ0) is 10.3. The average Bonchev–Trinajstić information content (AvgIpc) is 2.05. The molecule has 0 aliphatic rings. The van der Waals surface area contributed by atoms with Crippen LogP contribution in [0.4, 0.5) is 4.79 Å². The molecule has 1 aromatic carbocycles. The van der Waals surface area contributed by atoms with E-state index in [4.69, 9.17) is 26.6 Å². The predicted octanol–water partition coefficient (Wildman–Crippen LogP) is -6.37. The Kier molecular flexibility index (Phi) is 15.7. The van der Waals surface area contributed by atoms with Gasteiger partial charge in [-0.15, -0.1) is 0 Å². The molecular formula is C8H5ClLi2O4. The van der Waals surface area contributed by atoms with Gasteiger partial charge in [0.15, 0.2) is 0 Å². The average molecular weight is 214 g/mol. The third-order valence-corrected chi connectivity index (χ3v) is 1.22. The predicted molar refractivity (Wildman–Crippen MR) is 42.0 cm³/mol. The first-order valence-electron chi connectivity index (χ1n) is 3.17. The minimum absolute atomic E-state index is 0. The summed E-state index contributed by atoms with van der Waals surface area (Å²) in [5, 5.41) is 16.3. The van der Waals surface area contributed by atoms with E-state index in [1.807, 2.05) is 6.07 Å². The molecule has 0 N–H and O–H groups in total. The van der Waals surface area contributed by atoms with Gasteiger partial charge in [-0.2, -0.15) is 0 Å². The normalized spacial score (nSPS) is 7.00. The Morgan fingerprint density at radius 1 is 1.00 bits per heavy atom. The molecule has 0 aliphatic heterocycles. The fraction of sp³-hybridized carbons (Fsp3) is 0. The molecule has 0 fully saturated rings. The van der Waals surface area contributed by atoms with Gasteiger partial charge in [-0.1, -0.05) is 30.3 Å². The second kappa shape index (κ2) is 11.7. The van der Waals surface area contributed by atoms with Crippen LogP contribution in [-0.4, -0.2) is 11.4 Å². The van der Waals surface area contributed by atoms with Crippen molar-refractivity contribution >= 4 is 23.0 Å². The second-order valence-corrected chi connectivity index (χ2v) is 2.23. The van der Waals surface area contributed by atoms with Gasteiger partial charge in [0.2, 0.25) is 0 Å². The standard InChI is InChI=1S/C7H5ClO.CH2O3.2Li/c8-7(9)6-4-2-1-3-5-6;2-1(3)4;;/h1-5H;(H2,2,3,4);;/q;;2*+1/p-2. The molecule has 70 valence electrons. The van der Waals surface area contributed by atoms with Crippen molar-refractivity contribution in [2.24, 2.45) is 0 Å². The van der Waals surface area contributed by atoms with Crippen LogP contribution in [0.5, 0.6) is 0 Å². The van der Waals surface area contributed by atoms with E-state index in [0.29, 0.717) is 5.56 Å². The summed E-state index contributed by atoms with van der Waals surface area (Å²) in [6.45, 7) is 0. The van der Waals surface area contributed by atoms with E-state index in [1.165, 1.54) is 0 Å². The smallest absolute Gasteiger partial charge is 0.652 e. The molecular weight excluding hydrogens is 209 g/mol. The Bertz CT molecular complexity index is 288. The number of carboxylic acid groups (broad SMARTS) is 2. The summed E-state index contributed by atoms with van der Waals surface area (Å²) in [6.07, 6.45) is -2.33. The monoisotopic (exact) mass is 214 g/mol. The van der Waals surface area contributed by atoms with Gasteiger partial charge in [-0.25, -0.2) is 0 Å². The summed E-state index contributed by atoms with van der Waals surface area (Å²) < 4.78 is 0. The zero-order valence-corrected chi connectivity index (χ0v) is 9.15. The molecule has 0 aliphatic carbocycles. The number of rotatable bonds is 1. The van der Waals surface area contributed by atoms with E-state index in [-0.39, 0.29) is 37.7 Å². The van der Waals surface area contributed by atoms with Gasteiger partial charge in [-0.3, -0.25) is 4.79 Å². The molecule has 1 aromatic rings. The first kappa shape index (κ1) is 20.1. The molecule has 0 bridgehead atoms. The number of benzene rings is 1. The van der Waals surface area contributed by atoms with Crippen LogP contribution in [0.1, 0.15) is 10.4 Å². The molecule has 0 unspecified atom stereocenters. The van der Waals surface area contributed by atoms with Crippen LogP contribution in [0.25, 0.3) is 0 Å². The molecule has 15 heavy (non-hydrogen) atoms. The van der Waals surface area contributed by atoms with Gasteiger partial charge in [0.25, 0.3) is 5.24 Å². The fourth-order valence-corrected chi connectivity index (χ4v) is 0.695. The maximum atomic E-state index is 10.4. The van der Waals surface area contributed by atoms with Gasteiger partial charge in [-0.05, 0) is 17.8 Å². The van der Waals surface area contributed by atoms with Crippen molar-refractivity contribution in [2.75, 3.05) is 0 Å². The van der Waals surface area contributed by atoms with Crippen molar-refractivity contribution in [1.82, 2.24) is 0 Å². The minimum Gasteiger partial charge on any atom is -0.652 e. The maximum absolute atomic E-state index is 10.4. The molecule has 0 saturated heterocycles. The molecule has 0 amide bonds. The molecule has 7 heteroatoms. The summed E-state index contributed by atoms with van der Waals surface area (Å²) in [4.78, 5) is 18.7. The van der Waals surface area contributed by atoms with E-state index >= 15 is 0 Å². The number of hydrogen-bond donors (Lipinski definition) is 0. The second-order valence-electron chi connectivity index (χ2n) is 1.89. The van der Waals surface area contributed by atoms with E-state index in [0.717, 1.165) is 0 Å². The van der Waals surface area contributed by atoms with E-state index in [2.05, 4.69) is 0 Å². The summed E-state index contributed by atoms with van der Waals surface area (Å²) >= 11 is 5.16. The van der Waals surface area contributed by atoms with Crippen LogP contribution in [0, 0.1) is 0 Å². The molecule has 0 atom stereocenters. The molecule has 0 aromatic heterocycles. The third-order valence-electron chi connectivity index (χ3n) is 1.00. The van der Waals surface area contributed by atoms with Gasteiger partial charge >= 0.3 is 37.7 Å². The SMILES string of the molecule is O=C(Cl)c1ccccc1.O=C([O-])[O-].[Li+].[Li+]. The van der Waals surface area contributed by atoms with E-state index < -0.39 is 11.4 Å². The minimum atomic E-state index is -2.33. The molecule has 0 heterocycles. The summed E-state index contributed by atoms with van der Waals surface area (Å²) in [5.74, 6) is 0. The maximum Gasteiger partial charge on any atom is 1.00 e. The first-order chi connectivity index (χ1) is 6.04. The van der Waals surface area contributed by atoms with Crippen molar-refractivity contribution < 1.29 is 57.5 Å². The fourth-order valence-electron chi connectivity index (χ4n) is 0.569. The zero-order valence-electron chi connectivity index (χ0n) is 8.40. The topological polar surface area (TPSA) is 80.3 Å². The van der Waals surface area contributed by atoms with E-state index in [1.54, 1.807) is 24.3 Å². The van der Waals surface area contributed by atoms with Crippen molar-refractivity contribution in [3.8, 4) is 0 Å². The van der Waals surface area contributed by atoms with Crippen LogP contribution >= 0.6 is 11.6 Å². The van der Waals surface area contributed by atoms with Crippen LogP contribution in [0.2, 0.25) is 0 Å². The van der Waals surface area contributed by atoms with Crippen molar-refractivity contribution in [3.05, 3.63) is 35.9 Å². The van der Waals surface area contributed by atoms with Crippen molar-refractivity contribution in [1.29, 1.82) is 0 Å². The first-order valence-corrected chi connectivity index (χ1v) is 3.54. The molecule has 4 nitrogen and oxygen atoms in total. The summed E-state index contributed by atoms with van der Waals surface area (Å²) in [5.41, 5.74) is 0.541. The quantitative estimate of drug-likeness (QED) is 0.344. The number of hydrogen-bond acceptors (Lipinski definition) is 4. The van der Waals surface area contributed by atoms with Gasteiger partial charge in [0.1, 0.15) is 0 Å². The van der Waals surface area contributed by atoms with Gasteiger partial charge in [0, 0.05) is 5.56 Å². The van der Waals surface area contributed by atoms with Crippen LogP contribution in [-0.2, 0) is 0 Å². The molecule has 1 rings (SSSR count). The molecule has 0 saturated carbocycles. The Hall–Kier alpha value is -0.355. The summed E-state index contributed by atoms with van der Waals surface area (Å²) in [6, 6.07) is 8.74. The molecule has 0 spiro atoms. The number of halogens is 1. The van der Waals surface area contributed by atoms with Crippen molar-refractivity contribution in [2.45, 2.75) is 0 Å². The van der Waals surface area contributed by atoms with Gasteiger partial charge in [0.05, 0.1) is 0 Å². The van der Waals surface area contributed by atoms with Crippen LogP contribution in [0.3, 0.4) is 0 Å². The Morgan fingerprint density at radius 3 is 1.53 bits per heavy atom. The largest absolute Gasteiger partial charge is 1.00 e. The number of carbonyl (C=O) groups excluding carboxylic acids is 2. The molecule has 0 radical (unpaired) electrons. The van der Waals surface area contributed by atoms with Crippen LogP contribution < -0.4 is 47.9 Å².